The fourth-order valence-electron chi connectivity index (χ4n) is 4.04. The number of nitrogens with zero attached hydrogens (tertiary/aromatic N) is 2. The van der Waals surface area contributed by atoms with Gasteiger partial charge in [0.2, 0.25) is 5.95 Å². The highest BCUT2D eigenvalue weighted by molar-refractivity contribution is 5.85. The normalized spacial score (nSPS) is 13.1. The van der Waals surface area contributed by atoms with E-state index in [2.05, 4.69) is 58.1 Å². The number of nitrogens with one attached hydrogen (secondary N) is 2. The Morgan fingerprint density at radius 2 is 1.97 bits per heavy atom. The molecule has 0 aliphatic carbocycles. The summed E-state index contributed by atoms with van der Waals surface area (Å²) in [5.74, 6) is 1.35. The van der Waals surface area contributed by atoms with Crippen molar-refractivity contribution >= 4 is 22.5 Å². The van der Waals surface area contributed by atoms with E-state index >= 15 is 0 Å². The maximum absolute atomic E-state index is 5.80. The number of aromatic nitrogens is 2. The molecule has 0 bridgehead atoms. The van der Waals surface area contributed by atoms with Gasteiger partial charge in [-0.1, -0.05) is 30.3 Å². The van der Waals surface area contributed by atoms with Gasteiger partial charge in [0.1, 0.15) is 5.75 Å². The van der Waals surface area contributed by atoms with Crippen LogP contribution in [0.3, 0.4) is 0 Å². The first-order valence-electron chi connectivity index (χ1n) is 10.5. The van der Waals surface area contributed by atoms with Gasteiger partial charge in [-0.3, -0.25) is 0 Å². The van der Waals surface area contributed by atoms with Gasteiger partial charge in [0.15, 0.2) is 0 Å². The van der Waals surface area contributed by atoms with Crippen LogP contribution < -0.4 is 21.1 Å². The zero-order chi connectivity index (χ0) is 21.2. The molecule has 1 aliphatic rings. The van der Waals surface area contributed by atoms with Gasteiger partial charge in [-0.05, 0) is 65.0 Å². The lowest BCUT2D eigenvalue weighted by Gasteiger charge is -2.20. The molecule has 0 saturated heterocycles. The maximum atomic E-state index is 5.80. The Kier molecular flexibility index (Phi) is 5.24. The first kappa shape index (κ1) is 19.5. The van der Waals surface area contributed by atoms with Crippen molar-refractivity contribution in [3.63, 3.8) is 0 Å². The van der Waals surface area contributed by atoms with Crippen LogP contribution in [0.15, 0.2) is 60.8 Å². The zero-order valence-electron chi connectivity index (χ0n) is 17.5. The predicted molar refractivity (Wildman–Crippen MR) is 125 cm³/mol. The summed E-state index contributed by atoms with van der Waals surface area (Å²) in [6, 6.07) is 18.8. The van der Waals surface area contributed by atoms with E-state index in [-0.39, 0.29) is 0 Å². The molecule has 31 heavy (non-hydrogen) atoms. The third kappa shape index (κ3) is 3.95. The average molecular weight is 412 g/mol. The lowest BCUT2D eigenvalue weighted by atomic mass is 10.00. The highest BCUT2D eigenvalue weighted by atomic mass is 16.5. The van der Waals surface area contributed by atoms with Crippen molar-refractivity contribution in [3.8, 4) is 16.9 Å². The lowest BCUT2D eigenvalue weighted by molar-refractivity contribution is 0.415. The Labute approximate surface area is 181 Å². The topological polar surface area (TPSA) is 85.1 Å². The number of rotatable bonds is 5. The second kappa shape index (κ2) is 8.34. The molecule has 0 unspecified atom stereocenters. The van der Waals surface area contributed by atoms with Crippen LogP contribution in [0, 0.1) is 0 Å². The van der Waals surface area contributed by atoms with E-state index in [1.165, 1.54) is 11.1 Å². The molecule has 3 aromatic carbocycles. The van der Waals surface area contributed by atoms with Gasteiger partial charge in [0, 0.05) is 24.7 Å². The van der Waals surface area contributed by atoms with E-state index in [1.54, 1.807) is 7.11 Å². The first-order valence-corrected chi connectivity index (χ1v) is 10.5. The molecule has 0 spiro atoms. The Morgan fingerprint density at radius 3 is 2.84 bits per heavy atom. The molecule has 0 fully saturated rings. The summed E-state index contributed by atoms with van der Waals surface area (Å²) in [6.45, 7) is 2.38. The molecule has 4 aromatic rings. The lowest BCUT2D eigenvalue weighted by Crippen LogP contribution is -2.23. The molecular formula is C25H25N5O. The van der Waals surface area contributed by atoms with Crippen molar-refractivity contribution < 1.29 is 4.74 Å². The molecule has 1 aliphatic heterocycles. The second-order valence-corrected chi connectivity index (χ2v) is 7.74. The molecule has 0 saturated carbocycles. The third-order valence-electron chi connectivity index (χ3n) is 5.73. The molecule has 0 amide bonds. The minimum absolute atomic E-state index is 0.524. The maximum Gasteiger partial charge on any atom is 0.227 e. The summed E-state index contributed by atoms with van der Waals surface area (Å²) in [5.41, 5.74) is 13.5. The first-order chi connectivity index (χ1) is 15.2. The van der Waals surface area contributed by atoms with Gasteiger partial charge >= 0.3 is 0 Å². The quantitative estimate of drug-likeness (QED) is 0.457. The van der Waals surface area contributed by atoms with Crippen LogP contribution >= 0.6 is 0 Å². The summed E-state index contributed by atoms with van der Waals surface area (Å²) in [5, 5.41) is 7.76. The van der Waals surface area contributed by atoms with Crippen molar-refractivity contribution in [3.05, 3.63) is 77.5 Å². The van der Waals surface area contributed by atoms with E-state index in [4.69, 9.17) is 15.5 Å². The van der Waals surface area contributed by atoms with E-state index in [0.29, 0.717) is 12.5 Å². The summed E-state index contributed by atoms with van der Waals surface area (Å²) in [7, 11) is 1.69. The highest BCUT2D eigenvalue weighted by Gasteiger charge is 2.15. The summed E-state index contributed by atoms with van der Waals surface area (Å²) >= 11 is 0. The van der Waals surface area contributed by atoms with Crippen LogP contribution in [0.1, 0.15) is 16.7 Å². The fraction of sp³-hybridized carbons (Fsp3) is 0.200. The Hall–Kier alpha value is -3.48. The van der Waals surface area contributed by atoms with Crippen molar-refractivity contribution in [1.82, 2.24) is 15.3 Å². The van der Waals surface area contributed by atoms with Gasteiger partial charge in [-0.15, -0.1) is 0 Å². The predicted octanol–water partition coefficient (Wildman–Crippen LogP) is 4.15. The van der Waals surface area contributed by atoms with Gasteiger partial charge in [0.25, 0.3) is 0 Å². The molecule has 2 heterocycles. The van der Waals surface area contributed by atoms with Crippen molar-refractivity contribution in [2.75, 3.05) is 19.0 Å². The van der Waals surface area contributed by atoms with Crippen LogP contribution in [-0.2, 0) is 19.5 Å². The molecular weight excluding hydrogens is 386 g/mol. The summed E-state index contributed by atoms with van der Waals surface area (Å²) in [4.78, 5) is 9.28. The summed E-state index contributed by atoms with van der Waals surface area (Å²) in [6.07, 6.45) is 2.85. The summed E-state index contributed by atoms with van der Waals surface area (Å²) < 4.78 is 5.62. The molecule has 5 rings (SSSR count). The molecule has 1 aromatic heterocycles. The van der Waals surface area contributed by atoms with E-state index in [9.17, 15) is 0 Å². The van der Waals surface area contributed by atoms with Crippen molar-refractivity contribution in [1.29, 1.82) is 0 Å². The average Bonchev–Trinajstić information content (AvgIpc) is 2.83. The van der Waals surface area contributed by atoms with Crippen LogP contribution in [0.4, 0.5) is 11.6 Å². The minimum atomic E-state index is 0.524. The van der Waals surface area contributed by atoms with Crippen molar-refractivity contribution in [2.45, 2.75) is 19.5 Å². The van der Waals surface area contributed by atoms with Crippen LogP contribution in [0.2, 0.25) is 0 Å². The monoisotopic (exact) mass is 411 g/mol. The van der Waals surface area contributed by atoms with Crippen LogP contribution in [0.5, 0.6) is 5.75 Å². The van der Waals surface area contributed by atoms with Gasteiger partial charge in [-0.2, -0.15) is 0 Å². The smallest absolute Gasteiger partial charge is 0.227 e. The molecule has 156 valence electrons. The second-order valence-electron chi connectivity index (χ2n) is 7.74. The Bertz CT molecular complexity index is 1250. The third-order valence-corrected chi connectivity index (χ3v) is 5.73. The Morgan fingerprint density at radius 1 is 1.06 bits per heavy atom. The van der Waals surface area contributed by atoms with E-state index < -0.39 is 0 Å². The Balaban J connectivity index is 1.49. The largest absolute Gasteiger partial charge is 0.495 e. The standard InChI is InChI=1S/C25H25N5O/c1-31-24-12-19-7-8-27-14-21(19)11-23(24)30-25-28-15-20-6-5-18(10-22(20)29-25)17-4-2-3-16(9-17)13-26/h2-6,9-12,15,27H,7-8,13-14,26H2,1H3,(H,28,29,30). The number of methoxy groups -OCH3 is 1. The van der Waals surface area contributed by atoms with Crippen molar-refractivity contribution in [2.24, 2.45) is 5.73 Å². The molecule has 6 nitrogen and oxygen atoms in total. The number of hydrogen-bond donors (Lipinski definition) is 3. The number of ether oxygens (including phenoxy) is 1. The molecule has 0 atom stereocenters. The minimum Gasteiger partial charge on any atom is -0.495 e. The van der Waals surface area contributed by atoms with E-state index in [0.717, 1.165) is 58.5 Å². The van der Waals surface area contributed by atoms with E-state index in [1.807, 2.05) is 18.3 Å². The zero-order valence-corrected chi connectivity index (χ0v) is 17.5. The van der Waals surface area contributed by atoms with Crippen LogP contribution in [-0.4, -0.2) is 23.6 Å². The van der Waals surface area contributed by atoms with Gasteiger partial charge in [-0.25, -0.2) is 9.97 Å². The number of fused-ring (bicyclic) bond motifs is 2. The fourth-order valence-corrected chi connectivity index (χ4v) is 4.04. The van der Waals surface area contributed by atoms with Gasteiger partial charge in [0.05, 0.1) is 18.3 Å². The molecule has 0 radical (unpaired) electrons. The van der Waals surface area contributed by atoms with Gasteiger partial charge < -0.3 is 21.1 Å². The number of benzene rings is 3. The molecule has 4 N–H and O–H groups in total. The molecule has 6 heteroatoms. The highest BCUT2D eigenvalue weighted by Crippen LogP contribution is 2.32. The SMILES string of the molecule is COc1cc2c(cc1Nc1ncc3ccc(-c4cccc(CN)c4)cc3n1)CNCC2. The number of anilines is 2. The van der Waals surface area contributed by atoms with Crippen LogP contribution in [0.25, 0.3) is 22.0 Å². The number of hydrogen-bond acceptors (Lipinski definition) is 6. The number of nitrogens with two attached hydrogens (primary N) is 1.